The number of rotatable bonds is 7. The Bertz CT molecular complexity index is 910. The summed E-state index contributed by atoms with van der Waals surface area (Å²) in [5.74, 6) is -0.147. The molecule has 9 heteroatoms. The van der Waals surface area contributed by atoms with E-state index in [1.807, 2.05) is 6.07 Å². The standard InChI is InChI=1S/C22H30N4O4S/c23-16-17-6-8-20(9-7-17)31(29,30)26-14-10-19(11-15-26)22(28)25-13-12-24-21(27)18-4-2-1-3-5-18/h6-9,18-19H,1-5,10-15H2,(H,24,27)(H,25,28). The van der Waals surface area contributed by atoms with Crippen molar-refractivity contribution in [3.8, 4) is 6.07 Å². The van der Waals surface area contributed by atoms with E-state index in [4.69, 9.17) is 5.26 Å². The van der Waals surface area contributed by atoms with E-state index in [0.29, 0.717) is 31.5 Å². The summed E-state index contributed by atoms with van der Waals surface area (Å²) >= 11 is 0. The number of amides is 2. The molecule has 0 unspecified atom stereocenters. The number of sulfonamides is 1. The summed E-state index contributed by atoms with van der Waals surface area (Å²) in [6, 6.07) is 7.82. The second kappa shape index (κ2) is 10.7. The third kappa shape index (κ3) is 6.05. The zero-order valence-corrected chi connectivity index (χ0v) is 18.5. The maximum atomic E-state index is 12.8. The lowest BCUT2D eigenvalue weighted by Crippen LogP contribution is -2.44. The Morgan fingerprint density at radius 3 is 1.94 bits per heavy atom. The second-order valence-corrected chi connectivity index (χ2v) is 10.2. The third-order valence-electron chi connectivity index (χ3n) is 6.15. The predicted molar refractivity (Wildman–Crippen MR) is 115 cm³/mol. The van der Waals surface area contributed by atoms with E-state index in [-0.39, 0.29) is 41.6 Å². The Labute approximate surface area is 184 Å². The summed E-state index contributed by atoms with van der Waals surface area (Å²) in [5.41, 5.74) is 0.407. The fourth-order valence-corrected chi connectivity index (χ4v) is 5.70. The van der Waals surface area contributed by atoms with Crippen LogP contribution in [0.4, 0.5) is 0 Å². The molecule has 0 spiro atoms. The van der Waals surface area contributed by atoms with Crippen LogP contribution in [-0.2, 0) is 19.6 Å². The van der Waals surface area contributed by atoms with Crippen LogP contribution in [0.15, 0.2) is 29.2 Å². The lowest BCUT2D eigenvalue weighted by atomic mass is 9.89. The molecule has 1 heterocycles. The molecule has 0 radical (unpaired) electrons. The van der Waals surface area contributed by atoms with Crippen molar-refractivity contribution in [2.24, 2.45) is 11.8 Å². The van der Waals surface area contributed by atoms with Crippen molar-refractivity contribution in [1.82, 2.24) is 14.9 Å². The average Bonchev–Trinajstić information content (AvgIpc) is 2.82. The van der Waals surface area contributed by atoms with Crippen LogP contribution in [0, 0.1) is 23.2 Å². The minimum atomic E-state index is -3.63. The first-order valence-corrected chi connectivity index (χ1v) is 12.4. The molecule has 1 saturated heterocycles. The van der Waals surface area contributed by atoms with Crippen LogP contribution >= 0.6 is 0 Å². The van der Waals surface area contributed by atoms with Crippen molar-refractivity contribution in [2.75, 3.05) is 26.2 Å². The van der Waals surface area contributed by atoms with Crippen LogP contribution in [-0.4, -0.2) is 50.7 Å². The molecular weight excluding hydrogens is 416 g/mol. The van der Waals surface area contributed by atoms with E-state index in [1.165, 1.54) is 35.0 Å². The molecule has 0 bridgehead atoms. The predicted octanol–water partition coefficient (Wildman–Crippen LogP) is 1.77. The molecule has 31 heavy (non-hydrogen) atoms. The van der Waals surface area contributed by atoms with Gasteiger partial charge in [-0.2, -0.15) is 9.57 Å². The van der Waals surface area contributed by atoms with Crippen LogP contribution in [0.3, 0.4) is 0 Å². The van der Waals surface area contributed by atoms with Gasteiger partial charge >= 0.3 is 0 Å². The fourth-order valence-electron chi connectivity index (χ4n) is 4.23. The zero-order chi connectivity index (χ0) is 22.3. The topological polar surface area (TPSA) is 119 Å². The van der Waals surface area contributed by atoms with Gasteiger partial charge in [-0.15, -0.1) is 0 Å². The van der Waals surface area contributed by atoms with Gasteiger partial charge in [-0.3, -0.25) is 9.59 Å². The van der Waals surface area contributed by atoms with Crippen LogP contribution in [0.25, 0.3) is 0 Å². The Hall–Kier alpha value is -2.44. The van der Waals surface area contributed by atoms with Crippen molar-refractivity contribution < 1.29 is 18.0 Å². The molecule has 0 aromatic heterocycles. The first-order valence-electron chi connectivity index (χ1n) is 11.0. The van der Waals surface area contributed by atoms with Gasteiger partial charge in [0.15, 0.2) is 0 Å². The van der Waals surface area contributed by atoms with Crippen molar-refractivity contribution >= 4 is 21.8 Å². The largest absolute Gasteiger partial charge is 0.354 e. The molecule has 8 nitrogen and oxygen atoms in total. The Morgan fingerprint density at radius 2 is 1.42 bits per heavy atom. The van der Waals surface area contributed by atoms with Gasteiger partial charge in [0.25, 0.3) is 0 Å². The number of carbonyl (C=O) groups is 2. The van der Waals surface area contributed by atoms with E-state index in [0.717, 1.165) is 25.7 Å². The first kappa shape index (κ1) is 23.2. The highest BCUT2D eigenvalue weighted by Crippen LogP contribution is 2.25. The number of hydrogen-bond acceptors (Lipinski definition) is 5. The highest BCUT2D eigenvalue weighted by molar-refractivity contribution is 7.89. The first-order chi connectivity index (χ1) is 14.9. The van der Waals surface area contributed by atoms with E-state index in [9.17, 15) is 18.0 Å². The number of benzene rings is 1. The quantitative estimate of drug-likeness (QED) is 0.619. The normalized spacial score (nSPS) is 18.8. The van der Waals surface area contributed by atoms with Gasteiger partial charge in [-0.05, 0) is 49.9 Å². The van der Waals surface area contributed by atoms with E-state index in [1.54, 1.807) is 0 Å². The highest BCUT2D eigenvalue weighted by Gasteiger charge is 2.32. The van der Waals surface area contributed by atoms with Gasteiger partial charge in [-0.25, -0.2) is 8.42 Å². The number of carbonyl (C=O) groups excluding carboxylic acids is 2. The lowest BCUT2D eigenvalue weighted by molar-refractivity contribution is -0.127. The number of nitrogens with one attached hydrogen (secondary N) is 2. The molecule has 2 aliphatic rings. The minimum absolute atomic E-state index is 0.0790. The molecular formula is C22H30N4O4S. The molecule has 1 aliphatic heterocycles. The summed E-state index contributed by atoms with van der Waals surface area (Å²) in [6.45, 7) is 1.34. The lowest BCUT2D eigenvalue weighted by Gasteiger charge is -2.30. The summed E-state index contributed by atoms with van der Waals surface area (Å²) in [7, 11) is -3.63. The molecule has 2 fully saturated rings. The summed E-state index contributed by atoms with van der Waals surface area (Å²) in [5, 5.41) is 14.6. The van der Waals surface area contributed by atoms with Gasteiger partial charge < -0.3 is 10.6 Å². The van der Waals surface area contributed by atoms with Crippen LogP contribution < -0.4 is 10.6 Å². The van der Waals surface area contributed by atoms with E-state index in [2.05, 4.69) is 10.6 Å². The maximum Gasteiger partial charge on any atom is 0.243 e. The van der Waals surface area contributed by atoms with Crippen molar-refractivity contribution in [3.05, 3.63) is 29.8 Å². The maximum absolute atomic E-state index is 12.8. The van der Waals surface area contributed by atoms with Crippen molar-refractivity contribution in [3.63, 3.8) is 0 Å². The molecule has 1 saturated carbocycles. The Kier molecular flexibility index (Phi) is 8.04. The molecule has 2 amide bonds. The molecule has 1 aliphatic carbocycles. The van der Waals surface area contributed by atoms with Gasteiger partial charge in [0.1, 0.15) is 0 Å². The van der Waals surface area contributed by atoms with Crippen LogP contribution in [0.1, 0.15) is 50.5 Å². The van der Waals surface area contributed by atoms with Gasteiger partial charge in [0.05, 0.1) is 16.5 Å². The third-order valence-corrected chi connectivity index (χ3v) is 8.06. The number of hydrogen-bond donors (Lipinski definition) is 2. The minimum Gasteiger partial charge on any atom is -0.354 e. The Balaban J connectivity index is 1.40. The fraction of sp³-hybridized carbons (Fsp3) is 0.591. The zero-order valence-electron chi connectivity index (χ0n) is 17.7. The van der Waals surface area contributed by atoms with Crippen molar-refractivity contribution in [2.45, 2.75) is 49.8 Å². The highest BCUT2D eigenvalue weighted by atomic mass is 32.2. The van der Waals surface area contributed by atoms with Gasteiger partial charge in [-0.1, -0.05) is 19.3 Å². The van der Waals surface area contributed by atoms with Gasteiger partial charge in [0.2, 0.25) is 21.8 Å². The van der Waals surface area contributed by atoms with E-state index < -0.39 is 10.0 Å². The SMILES string of the molecule is N#Cc1ccc(S(=O)(=O)N2CCC(C(=O)NCCNC(=O)C3CCCCC3)CC2)cc1. The summed E-state index contributed by atoms with van der Waals surface area (Å²) in [4.78, 5) is 24.7. The molecule has 1 aromatic carbocycles. The van der Waals surface area contributed by atoms with E-state index >= 15 is 0 Å². The second-order valence-electron chi connectivity index (χ2n) is 8.23. The molecule has 0 atom stereocenters. The summed E-state index contributed by atoms with van der Waals surface area (Å²) < 4.78 is 26.9. The van der Waals surface area contributed by atoms with Crippen molar-refractivity contribution in [1.29, 1.82) is 5.26 Å². The number of nitriles is 1. The Morgan fingerprint density at radius 1 is 0.903 bits per heavy atom. The molecule has 2 N–H and O–H groups in total. The molecule has 168 valence electrons. The molecule has 3 rings (SSSR count). The summed E-state index contributed by atoms with van der Waals surface area (Å²) in [6.07, 6.45) is 6.21. The van der Waals surface area contributed by atoms with Crippen LogP contribution in [0.5, 0.6) is 0 Å². The molecule has 1 aromatic rings. The number of nitrogens with zero attached hydrogens (tertiary/aromatic N) is 2. The van der Waals surface area contributed by atoms with Crippen LogP contribution in [0.2, 0.25) is 0 Å². The average molecular weight is 447 g/mol. The number of piperidine rings is 1. The van der Waals surface area contributed by atoms with Gasteiger partial charge in [0, 0.05) is 38.0 Å². The smallest absolute Gasteiger partial charge is 0.243 e. The monoisotopic (exact) mass is 446 g/mol.